The first-order chi connectivity index (χ1) is 11.6. The lowest BCUT2D eigenvalue weighted by atomic mass is 10.1. The highest BCUT2D eigenvalue weighted by Crippen LogP contribution is 2.28. The Hall–Kier alpha value is -3.55. The van der Waals surface area contributed by atoms with E-state index in [4.69, 9.17) is 5.73 Å². The zero-order chi connectivity index (χ0) is 16.7. The van der Waals surface area contributed by atoms with Crippen LogP contribution in [0.3, 0.4) is 0 Å². The number of rotatable bonds is 3. The summed E-state index contributed by atoms with van der Waals surface area (Å²) in [4.78, 5) is 19.1. The highest BCUT2D eigenvalue weighted by molar-refractivity contribution is 5.99. The molecule has 118 valence electrons. The number of aromatic amines is 1. The van der Waals surface area contributed by atoms with Crippen molar-refractivity contribution in [3.8, 4) is 22.6 Å². The van der Waals surface area contributed by atoms with Crippen molar-refractivity contribution in [2.45, 2.75) is 0 Å². The van der Waals surface area contributed by atoms with E-state index in [1.165, 1.54) is 6.20 Å². The minimum absolute atomic E-state index is 0.135. The second-order valence-electron chi connectivity index (χ2n) is 5.38. The summed E-state index contributed by atoms with van der Waals surface area (Å²) in [6.07, 6.45) is 3.18. The highest BCUT2D eigenvalue weighted by Gasteiger charge is 2.14. The van der Waals surface area contributed by atoms with E-state index in [-0.39, 0.29) is 5.69 Å². The summed E-state index contributed by atoms with van der Waals surface area (Å²) >= 11 is 0. The summed E-state index contributed by atoms with van der Waals surface area (Å²) in [6, 6.07) is 9.52. The van der Waals surface area contributed by atoms with Crippen molar-refractivity contribution in [1.29, 1.82) is 0 Å². The number of aryl methyl sites for hydroxylation is 1. The number of hydrogen-bond donors (Lipinski definition) is 2. The molecule has 0 fully saturated rings. The van der Waals surface area contributed by atoms with E-state index in [0.29, 0.717) is 11.4 Å². The number of hydrogen-bond acceptors (Lipinski definition) is 5. The Morgan fingerprint density at radius 2 is 2.12 bits per heavy atom. The number of amides is 1. The number of carbonyl (C=O) groups is 1. The van der Waals surface area contributed by atoms with Crippen LogP contribution in [0.1, 0.15) is 10.5 Å². The lowest BCUT2D eigenvalue weighted by Crippen LogP contribution is -2.15. The second kappa shape index (κ2) is 5.27. The Kier molecular flexibility index (Phi) is 3.09. The zero-order valence-corrected chi connectivity index (χ0v) is 12.8. The van der Waals surface area contributed by atoms with Crippen molar-refractivity contribution in [3.63, 3.8) is 0 Å². The Labute approximate surface area is 136 Å². The third-order valence-corrected chi connectivity index (χ3v) is 3.72. The molecule has 0 unspecified atom stereocenters. The fraction of sp³-hybridized carbons (Fsp3) is 0.0625. The van der Waals surface area contributed by atoms with Crippen molar-refractivity contribution in [2.24, 2.45) is 12.8 Å². The predicted molar refractivity (Wildman–Crippen MR) is 87.8 cm³/mol. The van der Waals surface area contributed by atoms with Gasteiger partial charge in [-0.3, -0.25) is 9.48 Å². The Morgan fingerprint density at radius 3 is 2.88 bits per heavy atom. The SMILES string of the molecule is Cn1cnc(-c2ccc3[nH]c(-c4ccnnc4C(N)=O)cc3c2)n1. The molecule has 24 heavy (non-hydrogen) atoms. The number of fused-ring (bicyclic) bond motifs is 1. The molecule has 1 aromatic carbocycles. The molecule has 0 aliphatic heterocycles. The number of nitrogens with two attached hydrogens (primary N) is 1. The van der Waals surface area contributed by atoms with Crippen LogP contribution in [-0.2, 0) is 7.05 Å². The predicted octanol–water partition coefficient (Wildman–Crippen LogP) is 1.52. The topological polar surface area (TPSA) is 115 Å². The minimum atomic E-state index is -0.616. The molecule has 0 saturated carbocycles. The average molecular weight is 319 g/mol. The summed E-state index contributed by atoms with van der Waals surface area (Å²) in [5.41, 5.74) is 8.72. The third kappa shape index (κ3) is 2.30. The molecular weight excluding hydrogens is 306 g/mol. The van der Waals surface area contributed by atoms with Crippen molar-refractivity contribution in [1.82, 2.24) is 29.9 Å². The van der Waals surface area contributed by atoms with Crippen LogP contribution >= 0.6 is 0 Å². The van der Waals surface area contributed by atoms with Crippen LogP contribution in [-0.4, -0.2) is 35.9 Å². The highest BCUT2D eigenvalue weighted by atomic mass is 16.1. The largest absolute Gasteiger partial charge is 0.364 e. The van der Waals surface area contributed by atoms with Gasteiger partial charge in [-0.25, -0.2) is 4.98 Å². The van der Waals surface area contributed by atoms with Gasteiger partial charge in [-0.2, -0.15) is 10.2 Å². The molecule has 0 atom stereocenters. The van der Waals surface area contributed by atoms with Gasteiger partial charge in [-0.1, -0.05) is 0 Å². The van der Waals surface area contributed by atoms with Crippen LogP contribution in [0.5, 0.6) is 0 Å². The first-order valence-electron chi connectivity index (χ1n) is 7.22. The molecule has 0 aliphatic rings. The fourth-order valence-corrected chi connectivity index (χ4v) is 2.62. The summed E-state index contributed by atoms with van der Waals surface area (Å²) in [7, 11) is 1.82. The number of aromatic nitrogens is 6. The van der Waals surface area contributed by atoms with Crippen LogP contribution in [0.15, 0.2) is 42.9 Å². The molecule has 8 heteroatoms. The third-order valence-electron chi connectivity index (χ3n) is 3.72. The normalized spacial score (nSPS) is 11.0. The van der Waals surface area contributed by atoms with Crippen molar-refractivity contribution >= 4 is 16.8 Å². The molecule has 3 N–H and O–H groups in total. The van der Waals surface area contributed by atoms with Gasteiger partial charge in [0.15, 0.2) is 11.5 Å². The monoisotopic (exact) mass is 319 g/mol. The molecule has 1 amide bonds. The van der Waals surface area contributed by atoms with Crippen molar-refractivity contribution < 1.29 is 4.79 Å². The maximum Gasteiger partial charge on any atom is 0.269 e. The average Bonchev–Trinajstić information content (AvgIpc) is 3.20. The molecule has 0 radical (unpaired) electrons. The van der Waals surface area contributed by atoms with Crippen molar-refractivity contribution in [3.05, 3.63) is 48.5 Å². The molecular formula is C16H13N7O. The molecule has 3 heterocycles. The van der Waals surface area contributed by atoms with E-state index in [9.17, 15) is 4.79 Å². The van der Waals surface area contributed by atoms with Gasteiger partial charge >= 0.3 is 0 Å². The molecule has 4 aromatic rings. The number of nitrogens with one attached hydrogen (secondary N) is 1. The molecule has 0 saturated heterocycles. The van der Waals surface area contributed by atoms with E-state index in [0.717, 1.165) is 22.2 Å². The maximum absolute atomic E-state index is 11.5. The lowest BCUT2D eigenvalue weighted by Gasteiger charge is -2.01. The maximum atomic E-state index is 11.5. The quantitative estimate of drug-likeness (QED) is 0.594. The van der Waals surface area contributed by atoms with E-state index < -0.39 is 5.91 Å². The van der Waals surface area contributed by atoms with Gasteiger partial charge in [-0.15, -0.1) is 5.10 Å². The first kappa shape index (κ1) is 14.1. The number of H-pyrrole nitrogens is 1. The number of primary amides is 1. The van der Waals surface area contributed by atoms with Crippen LogP contribution < -0.4 is 5.73 Å². The van der Waals surface area contributed by atoms with E-state index in [1.807, 2.05) is 31.3 Å². The van der Waals surface area contributed by atoms with Crippen LogP contribution in [0.2, 0.25) is 0 Å². The lowest BCUT2D eigenvalue weighted by molar-refractivity contribution is 0.0995. The summed E-state index contributed by atoms with van der Waals surface area (Å²) < 4.78 is 1.66. The number of benzene rings is 1. The summed E-state index contributed by atoms with van der Waals surface area (Å²) in [5, 5.41) is 12.8. The molecule has 4 rings (SSSR count). The number of carbonyl (C=O) groups excluding carboxylic acids is 1. The smallest absolute Gasteiger partial charge is 0.269 e. The summed E-state index contributed by atoms with van der Waals surface area (Å²) in [5.74, 6) is 0.0423. The van der Waals surface area contributed by atoms with E-state index in [2.05, 4.69) is 25.3 Å². The van der Waals surface area contributed by atoms with Gasteiger partial charge in [0.2, 0.25) is 0 Å². The minimum Gasteiger partial charge on any atom is -0.364 e. The first-order valence-corrected chi connectivity index (χ1v) is 7.22. The Bertz CT molecular complexity index is 1060. The summed E-state index contributed by atoms with van der Waals surface area (Å²) in [6.45, 7) is 0. The van der Waals surface area contributed by atoms with Gasteiger partial charge in [0.05, 0.1) is 6.20 Å². The zero-order valence-electron chi connectivity index (χ0n) is 12.8. The van der Waals surface area contributed by atoms with Gasteiger partial charge in [0, 0.05) is 34.8 Å². The van der Waals surface area contributed by atoms with Crippen molar-refractivity contribution in [2.75, 3.05) is 0 Å². The van der Waals surface area contributed by atoms with Gasteiger partial charge in [-0.05, 0) is 30.3 Å². The molecule has 8 nitrogen and oxygen atoms in total. The van der Waals surface area contributed by atoms with Crippen LogP contribution in [0.4, 0.5) is 0 Å². The molecule has 0 spiro atoms. The van der Waals surface area contributed by atoms with Gasteiger partial charge < -0.3 is 10.7 Å². The number of nitrogens with zero attached hydrogens (tertiary/aromatic N) is 5. The van der Waals surface area contributed by atoms with Crippen LogP contribution in [0.25, 0.3) is 33.5 Å². The van der Waals surface area contributed by atoms with E-state index in [1.54, 1.807) is 17.1 Å². The van der Waals surface area contributed by atoms with E-state index >= 15 is 0 Å². The van der Waals surface area contributed by atoms with Gasteiger partial charge in [0.25, 0.3) is 5.91 Å². The fourth-order valence-electron chi connectivity index (χ4n) is 2.62. The van der Waals surface area contributed by atoms with Crippen LogP contribution in [0, 0.1) is 0 Å². The molecule has 3 aromatic heterocycles. The Balaban J connectivity index is 1.83. The molecule has 0 aliphatic carbocycles. The van der Waals surface area contributed by atoms with Gasteiger partial charge in [0.1, 0.15) is 6.33 Å². The molecule has 0 bridgehead atoms. The Morgan fingerprint density at radius 1 is 1.25 bits per heavy atom. The standard InChI is InChI=1S/C16H13N7O/c1-23-8-18-16(22-23)9-2-3-12-10(6-9)7-13(20-12)11-4-5-19-21-14(11)15(17)24/h2-8,20H,1H3,(H2,17,24). The second-order valence-corrected chi connectivity index (χ2v) is 5.38.